The van der Waals surface area contributed by atoms with E-state index in [9.17, 15) is 0 Å². The van der Waals surface area contributed by atoms with Crippen LogP contribution in [-0.2, 0) is 5.41 Å². The van der Waals surface area contributed by atoms with Gasteiger partial charge >= 0.3 is 0 Å². The number of hydrogen-bond acceptors (Lipinski definition) is 2. The third kappa shape index (κ3) is 5.41. The van der Waals surface area contributed by atoms with E-state index in [1.165, 1.54) is 72.0 Å². The van der Waals surface area contributed by atoms with Crippen LogP contribution in [0, 0.1) is 0 Å². The first-order valence-electron chi connectivity index (χ1n) is 19.1. The Bertz CT molecular complexity index is 2790. The van der Waals surface area contributed by atoms with E-state index in [1.54, 1.807) is 0 Å². The zero-order valence-electron chi connectivity index (χ0n) is 31.0. The highest BCUT2D eigenvalue weighted by Crippen LogP contribution is 2.57. The lowest BCUT2D eigenvalue weighted by atomic mass is 9.70. The second-order valence-corrected chi connectivity index (χ2v) is 14.9. The van der Waals surface area contributed by atoms with E-state index in [2.05, 4.69) is 230 Å². The molecule has 0 radical (unpaired) electrons. The summed E-state index contributed by atoms with van der Waals surface area (Å²) in [4.78, 5) is 4.87. The van der Waals surface area contributed by atoms with Gasteiger partial charge in [0.25, 0.3) is 0 Å². The van der Waals surface area contributed by atoms with Crippen LogP contribution in [0.25, 0.3) is 43.8 Å². The van der Waals surface area contributed by atoms with E-state index in [0.717, 1.165) is 17.1 Å². The van der Waals surface area contributed by atoms with Crippen LogP contribution in [0.3, 0.4) is 0 Å². The van der Waals surface area contributed by atoms with Gasteiger partial charge < -0.3 is 9.80 Å². The molecule has 0 N–H and O–H groups in total. The maximum atomic E-state index is 2.55. The Balaban J connectivity index is 1.21. The Labute approximate surface area is 323 Å². The van der Waals surface area contributed by atoms with Gasteiger partial charge in [-0.2, -0.15) is 0 Å². The van der Waals surface area contributed by atoms with Crippen LogP contribution >= 0.6 is 0 Å². The molecule has 0 aliphatic carbocycles. The third-order valence-corrected chi connectivity index (χ3v) is 11.4. The lowest BCUT2D eigenvalue weighted by Crippen LogP contribution is -2.31. The number of benzene rings is 9. The molecule has 55 heavy (non-hydrogen) atoms. The van der Waals surface area contributed by atoms with Gasteiger partial charge in [-0.1, -0.05) is 172 Å². The van der Waals surface area contributed by atoms with Crippen LogP contribution in [0.4, 0.5) is 34.1 Å². The van der Waals surface area contributed by atoms with Crippen LogP contribution in [0.1, 0.15) is 25.0 Å². The molecule has 9 aromatic carbocycles. The van der Waals surface area contributed by atoms with E-state index in [0.29, 0.717) is 0 Å². The molecule has 262 valence electrons. The minimum atomic E-state index is -0.263. The van der Waals surface area contributed by atoms with Gasteiger partial charge in [-0.3, -0.25) is 0 Å². The van der Waals surface area contributed by atoms with Gasteiger partial charge in [0, 0.05) is 33.4 Å². The molecule has 10 rings (SSSR count). The minimum absolute atomic E-state index is 0.263. The second-order valence-electron chi connectivity index (χ2n) is 14.9. The van der Waals surface area contributed by atoms with Crippen molar-refractivity contribution < 1.29 is 0 Å². The molecule has 2 nitrogen and oxygen atoms in total. The molecule has 1 aliphatic rings. The maximum Gasteiger partial charge on any atom is 0.0618 e. The zero-order chi connectivity index (χ0) is 36.9. The van der Waals surface area contributed by atoms with Gasteiger partial charge in [-0.05, 0) is 92.5 Å². The van der Waals surface area contributed by atoms with Crippen molar-refractivity contribution in [1.29, 1.82) is 0 Å². The first kappa shape index (κ1) is 32.7. The van der Waals surface area contributed by atoms with Crippen LogP contribution in [0.2, 0.25) is 0 Å². The highest BCUT2D eigenvalue weighted by Gasteiger charge is 2.40. The van der Waals surface area contributed by atoms with Crippen LogP contribution in [-0.4, -0.2) is 0 Å². The molecule has 0 aromatic heterocycles. The largest absolute Gasteiger partial charge is 0.311 e. The predicted octanol–water partition coefficient (Wildman–Crippen LogP) is 14.9. The number of hydrogen-bond donors (Lipinski definition) is 0. The van der Waals surface area contributed by atoms with Crippen molar-refractivity contribution >= 4 is 55.7 Å². The number of fused-ring (bicyclic) bond motifs is 4. The molecular formula is C53H40N2. The minimum Gasteiger partial charge on any atom is -0.311 e. The van der Waals surface area contributed by atoms with E-state index >= 15 is 0 Å². The van der Waals surface area contributed by atoms with E-state index < -0.39 is 0 Å². The highest BCUT2D eigenvalue weighted by atomic mass is 15.2. The summed E-state index contributed by atoms with van der Waals surface area (Å²) in [7, 11) is 0. The SMILES string of the molecule is CC1(C)c2ccccc2N(c2c(-c3ccc(N(c4ccccc4)c4ccccc4)cc3)ccc3ccccc23)c2cccc(-c3cccc4ccccc34)c21. The Morgan fingerprint density at radius 2 is 0.909 bits per heavy atom. The normalized spacial score (nSPS) is 13.0. The molecule has 2 heteroatoms. The molecule has 0 saturated heterocycles. The molecule has 0 atom stereocenters. The average molecular weight is 705 g/mol. The monoisotopic (exact) mass is 704 g/mol. The number of anilines is 6. The predicted molar refractivity (Wildman–Crippen MR) is 234 cm³/mol. The second kappa shape index (κ2) is 13.2. The molecule has 1 aliphatic heterocycles. The molecule has 0 spiro atoms. The lowest BCUT2D eigenvalue weighted by molar-refractivity contribution is 0.634. The summed E-state index contributed by atoms with van der Waals surface area (Å²) in [6.07, 6.45) is 0. The van der Waals surface area contributed by atoms with Crippen molar-refractivity contribution in [3.8, 4) is 22.3 Å². The van der Waals surface area contributed by atoms with Crippen molar-refractivity contribution in [3.05, 3.63) is 217 Å². The Hall–Kier alpha value is -6.90. The van der Waals surface area contributed by atoms with Crippen LogP contribution in [0.5, 0.6) is 0 Å². The van der Waals surface area contributed by atoms with Crippen LogP contribution in [0.15, 0.2) is 206 Å². The smallest absolute Gasteiger partial charge is 0.0618 e. The molecule has 1 heterocycles. The van der Waals surface area contributed by atoms with Gasteiger partial charge in [0.1, 0.15) is 0 Å². The van der Waals surface area contributed by atoms with Gasteiger partial charge in [0.2, 0.25) is 0 Å². The van der Waals surface area contributed by atoms with Crippen molar-refractivity contribution in [3.63, 3.8) is 0 Å². The summed E-state index contributed by atoms with van der Waals surface area (Å²) in [6.45, 7) is 4.79. The van der Waals surface area contributed by atoms with Gasteiger partial charge in [-0.25, -0.2) is 0 Å². The fourth-order valence-electron chi connectivity index (χ4n) is 8.89. The molecule has 0 bridgehead atoms. The van der Waals surface area contributed by atoms with Gasteiger partial charge in [-0.15, -0.1) is 0 Å². The summed E-state index contributed by atoms with van der Waals surface area (Å²) in [5.41, 5.74) is 14.2. The van der Waals surface area contributed by atoms with Crippen molar-refractivity contribution in [2.24, 2.45) is 0 Å². The Morgan fingerprint density at radius 3 is 1.64 bits per heavy atom. The third-order valence-electron chi connectivity index (χ3n) is 11.4. The standard InChI is InChI=1S/C53H40N2/c1-53(2)48-28-13-14-29-49(48)55(50-30-16-27-47(51(50)53)46-26-15-19-37-17-9-11-24-43(37)46)52-44-25-12-10-18-38(44)33-36-45(52)39-31-34-42(35-32-39)54(40-20-5-3-6-21-40)41-22-7-4-8-23-41/h3-36H,1-2H3. The van der Waals surface area contributed by atoms with Crippen molar-refractivity contribution in [2.75, 3.05) is 9.80 Å². The van der Waals surface area contributed by atoms with E-state index in [4.69, 9.17) is 0 Å². The Kier molecular flexibility index (Phi) is 7.85. The molecule has 0 unspecified atom stereocenters. The molecule has 0 fully saturated rings. The average Bonchev–Trinajstić information content (AvgIpc) is 3.24. The summed E-state index contributed by atoms with van der Waals surface area (Å²) in [5.74, 6) is 0. The van der Waals surface area contributed by atoms with E-state index in [-0.39, 0.29) is 5.41 Å². The molecule has 0 amide bonds. The summed E-state index contributed by atoms with van der Waals surface area (Å²) < 4.78 is 0. The zero-order valence-corrected chi connectivity index (χ0v) is 31.0. The summed E-state index contributed by atoms with van der Waals surface area (Å²) in [5, 5.41) is 4.95. The van der Waals surface area contributed by atoms with Gasteiger partial charge in [0.15, 0.2) is 0 Å². The topological polar surface area (TPSA) is 6.48 Å². The maximum absolute atomic E-state index is 2.55. The fourth-order valence-corrected chi connectivity index (χ4v) is 8.89. The fraction of sp³-hybridized carbons (Fsp3) is 0.0566. The summed E-state index contributed by atoms with van der Waals surface area (Å²) in [6, 6.07) is 75.1. The number of nitrogens with zero attached hydrogens (tertiary/aromatic N) is 2. The molecule has 9 aromatic rings. The molecular weight excluding hydrogens is 665 g/mol. The summed E-state index contributed by atoms with van der Waals surface area (Å²) >= 11 is 0. The van der Waals surface area contributed by atoms with E-state index in [1.807, 2.05) is 0 Å². The highest BCUT2D eigenvalue weighted by molar-refractivity contribution is 6.09. The quantitative estimate of drug-likeness (QED) is 0.170. The van der Waals surface area contributed by atoms with Gasteiger partial charge in [0.05, 0.1) is 17.1 Å². The molecule has 0 saturated carbocycles. The van der Waals surface area contributed by atoms with Crippen LogP contribution < -0.4 is 9.80 Å². The number of para-hydroxylation sites is 3. The van der Waals surface area contributed by atoms with Crippen molar-refractivity contribution in [1.82, 2.24) is 0 Å². The first-order chi connectivity index (χ1) is 27.1. The Morgan fingerprint density at radius 1 is 0.382 bits per heavy atom. The van der Waals surface area contributed by atoms with Crippen molar-refractivity contribution in [2.45, 2.75) is 19.3 Å². The lowest BCUT2D eigenvalue weighted by Gasteiger charge is -2.44. The first-order valence-corrected chi connectivity index (χ1v) is 19.1. The number of rotatable bonds is 6.